The van der Waals surface area contributed by atoms with Gasteiger partial charge in [-0.25, -0.2) is 13.8 Å². The van der Waals surface area contributed by atoms with E-state index in [1.165, 1.54) is 6.92 Å². The molecule has 0 fully saturated rings. The summed E-state index contributed by atoms with van der Waals surface area (Å²) in [5, 5.41) is 8.76. The van der Waals surface area contributed by atoms with Gasteiger partial charge in [0.05, 0.1) is 6.54 Å². The number of hydrogen-bond acceptors (Lipinski definition) is 2. The number of halogens is 2. The molecule has 0 spiro atoms. The molecule has 138 valence electrons. The molecule has 0 aliphatic carbocycles. The number of anilines is 1. The van der Waals surface area contributed by atoms with Crippen molar-refractivity contribution in [3.05, 3.63) is 65.2 Å². The average Bonchev–Trinajstić information content (AvgIpc) is 2.60. The number of guanidine groups is 1. The van der Waals surface area contributed by atoms with Crippen LogP contribution in [-0.2, 0) is 17.9 Å². The highest BCUT2D eigenvalue weighted by molar-refractivity contribution is 5.88. The first-order chi connectivity index (χ1) is 12.5. The van der Waals surface area contributed by atoms with Crippen molar-refractivity contribution in [3.8, 4) is 0 Å². The zero-order valence-electron chi connectivity index (χ0n) is 14.8. The monoisotopic (exact) mass is 360 g/mol. The van der Waals surface area contributed by atoms with Crippen LogP contribution in [0.1, 0.15) is 25.0 Å². The molecular weight excluding hydrogens is 338 g/mol. The zero-order valence-corrected chi connectivity index (χ0v) is 14.8. The Balaban J connectivity index is 2.04. The molecule has 0 atom stereocenters. The van der Waals surface area contributed by atoms with Gasteiger partial charge in [-0.2, -0.15) is 0 Å². The summed E-state index contributed by atoms with van der Waals surface area (Å²) >= 11 is 0. The molecule has 0 unspecified atom stereocenters. The van der Waals surface area contributed by atoms with Crippen molar-refractivity contribution in [1.82, 2.24) is 10.6 Å². The van der Waals surface area contributed by atoms with Gasteiger partial charge in [-0.1, -0.05) is 12.1 Å². The summed E-state index contributed by atoms with van der Waals surface area (Å²) in [5.74, 6) is -0.614. The summed E-state index contributed by atoms with van der Waals surface area (Å²) < 4.78 is 27.0. The lowest BCUT2D eigenvalue weighted by atomic mass is 10.2. The summed E-state index contributed by atoms with van der Waals surface area (Å²) in [5.41, 5.74) is 1.83. The minimum atomic E-state index is -0.486. The minimum Gasteiger partial charge on any atom is -0.357 e. The first-order valence-electron chi connectivity index (χ1n) is 8.30. The van der Waals surface area contributed by atoms with E-state index in [0.29, 0.717) is 24.7 Å². The molecule has 5 nitrogen and oxygen atoms in total. The van der Waals surface area contributed by atoms with E-state index >= 15 is 0 Å². The second kappa shape index (κ2) is 9.50. The maximum atomic E-state index is 13.7. The second-order valence-electron chi connectivity index (χ2n) is 5.67. The van der Waals surface area contributed by atoms with Crippen molar-refractivity contribution in [2.75, 3.05) is 11.9 Å². The lowest BCUT2D eigenvalue weighted by molar-refractivity contribution is -0.114. The summed E-state index contributed by atoms with van der Waals surface area (Å²) in [6.07, 6.45) is 0. The smallest absolute Gasteiger partial charge is 0.221 e. The van der Waals surface area contributed by atoms with E-state index < -0.39 is 11.6 Å². The fourth-order valence-electron chi connectivity index (χ4n) is 2.32. The zero-order chi connectivity index (χ0) is 18.9. The first-order valence-corrected chi connectivity index (χ1v) is 8.30. The second-order valence-corrected chi connectivity index (χ2v) is 5.67. The Bertz CT molecular complexity index is 793. The van der Waals surface area contributed by atoms with Crippen LogP contribution in [0.3, 0.4) is 0 Å². The summed E-state index contributed by atoms with van der Waals surface area (Å²) in [7, 11) is 0. The third-order valence-electron chi connectivity index (χ3n) is 3.47. The molecule has 1 amide bonds. The predicted molar refractivity (Wildman–Crippen MR) is 98.8 cm³/mol. The molecule has 0 aromatic heterocycles. The van der Waals surface area contributed by atoms with Gasteiger partial charge >= 0.3 is 0 Å². The number of aliphatic imine (C=N–C) groups is 1. The SMILES string of the molecule is CCNC(=NCc1cccc(NC(C)=O)c1)NCc1cc(F)ccc1F. The fraction of sp³-hybridized carbons (Fsp3) is 0.263. The van der Waals surface area contributed by atoms with Gasteiger partial charge in [-0.3, -0.25) is 4.79 Å². The normalized spacial score (nSPS) is 11.2. The van der Waals surface area contributed by atoms with E-state index in [0.717, 1.165) is 23.8 Å². The number of rotatable bonds is 6. The van der Waals surface area contributed by atoms with Gasteiger partial charge in [0, 0.05) is 31.3 Å². The molecule has 0 saturated heterocycles. The van der Waals surface area contributed by atoms with Gasteiger partial charge in [0.15, 0.2) is 5.96 Å². The summed E-state index contributed by atoms with van der Waals surface area (Å²) in [6, 6.07) is 10.7. The Morgan fingerprint density at radius 3 is 2.65 bits per heavy atom. The van der Waals surface area contributed by atoms with Crippen molar-refractivity contribution in [3.63, 3.8) is 0 Å². The maximum absolute atomic E-state index is 13.7. The molecule has 0 radical (unpaired) electrons. The van der Waals surface area contributed by atoms with Gasteiger partial charge in [0.1, 0.15) is 11.6 Å². The number of benzene rings is 2. The van der Waals surface area contributed by atoms with Crippen LogP contribution in [0, 0.1) is 11.6 Å². The molecule has 0 saturated carbocycles. The van der Waals surface area contributed by atoms with Crippen LogP contribution in [0.4, 0.5) is 14.5 Å². The molecule has 2 aromatic rings. The van der Waals surface area contributed by atoms with Gasteiger partial charge in [0.2, 0.25) is 5.91 Å². The van der Waals surface area contributed by atoms with Crippen molar-refractivity contribution in [2.45, 2.75) is 26.9 Å². The average molecular weight is 360 g/mol. The topological polar surface area (TPSA) is 65.5 Å². The van der Waals surface area contributed by atoms with Gasteiger partial charge in [-0.05, 0) is 42.8 Å². The lowest BCUT2D eigenvalue weighted by Crippen LogP contribution is -2.37. The molecule has 3 N–H and O–H groups in total. The quantitative estimate of drug-likeness (QED) is 0.548. The van der Waals surface area contributed by atoms with Gasteiger partial charge < -0.3 is 16.0 Å². The van der Waals surface area contributed by atoms with E-state index in [1.54, 1.807) is 6.07 Å². The Morgan fingerprint density at radius 2 is 1.92 bits per heavy atom. The van der Waals surface area contributed by atoms with E-state index in [9.17, 15) is 13.6 Å². The van der Waals surface area contributed by atoms with E-state index in [4.69, 9.17) is 0 Å². The van der Waals surface area contributed by atoms with Crippen LogP contribution in [0.2, 0.25) is 0 Å². The maximum Gasteiger partial charge on any atom is 0.221 e. The number of amides is 1. The highest BCUT2D eigenvalue weighted by Gasteiger charge is 2.05. The standard InChI is InChI=1S/C19H22F2N4O/c1-3-22-19(24-12-15-10-16(20)7-8-18(15)21)23-11-14-5-4-6-17(9-14)25-13(2)26/h4-10H,3,11-12H2,1-2H3,(H,25,26)(H2,22,23,24). The Morgan fingerprint density at radius 1 is 1.12 bits per heavy atom. The highest BCUT2D eigenvalue weighted by Crippen LogP contribution is 2.12. The number of nitrogens with one attached hydrogen (secondary N) is 3. The molecule has 26 heavy (non-hydrogen) atoms. The molecular formula is C19H22F2N4O. The van der Waals surface area contributed by atoms with Crippen molar-refractivity contribution < 1.29 is 13.6 Å². The van der Waals surface area contributed by atoms with Gasteiger partial charge in [0.25, 0.3) is 0 Å². The molecule has 0 aliphatic rings. The van der Waals surface area contributed by atoms with Gasteiger partial charge in [-0.15, -0.1) is 0 Å². The molecule has 7 heteroatoms. The first kappa shape index (κ1) is 19.4. The molecule has 2 aromatic carbocycles. The molecule has 0 aliphatic heterocycles. The van der Waals surface area contributed by atoms with Crippen LogP contribution in [0.15, 0.2) is 47.5 Å². The van der Waals surface area contributed by atoms with Crippen LogP contribution < -0.4 is 16.0 Å². The highest BCUT2D eigenvalue weighted by atomic mass is 19.1. The summed E-state index contributed by atoms with van der Waals surface area (Å²) in [4.78, 5) is 15.6. The third-order valence-corrected chi connectivity index (χ3v) is 3.47. The lowest BCUT2D eigenvalue weighted by Gasteiger charge is -2.12. The van der Waals surface area contributed by atoms with Crippen LogP contribution in [0.25, 0.3) is 0 Å². The van der Waals surface area contributed by atoms with Crippen molar-refractivity contribution in [2.24, 2.45) is 4.99 Å². The van der Waals surface area contributed by atoms with Crippen LogP contribution >= 0.6 is 0 Å². The molecule has 0 heterocycles. The van der Waals surface area contributed by atoms with E-state index in [1.807, 2.05) is 25.1 Å². The van der Waals surface area contributed by atoms with Crippen molar-refractivity contribution in [1.29, 1.82) is 0 Å². The summed E-state index contributed by atoms with van der Waals surface area (Å²) in [6.45, 7) is 4.47. The van der Waals surface area contributed by atoms with E-state index in [2.05, 4.69) is 20.9 Å². The Kier molecular flexibility index (Phi) is 7.08. The van der Waals surface area contributed by atoms with E-state index in [-0.39, 0.29) is 18.0 Å². The predicted octanol–water partition coefficient (Wildman–Crippen LogP) is 3.18. The Hall–Kier alpha value is -2.96. The minimum absolute atomic E-state index is 0.112. The molecule has 0 bridgehead atoms. The largest absolute Gasteiger partial charge is 0.357 e. The number of carbonyl (C=O) groups is 1. The van der Waals surface area contributed by atoms with Crippen molar-refractivity contribution >= 4 is 17.6 Å². The third kappa shape index (κ3) is 6.16. The Labute approximate surface area is 151 Å². The fourth-order valence-corrected chi connectivity index (χ4v) is 2.32. The van der Waals surface area contributed by atoms with Crippen LogP contribution in [0.5, 0.6) is 0 Å². The number of hydrogen-bond donors (Lipinski definition) is 3. The van der Waals surface area contributed by atoms with Crippen LogP contribution in [-0.4, -0.2) is 18.4 Å². The number of carbonyl (C=O) groups excluding carboxylic acids is 1. The number of nitrogens with zero attached hydrogens (tertiary/aromatic N) is 1. The molecule has 2 rings (SSSR count).